The summed E-state index contributed by atoms with van der Waals surface area (Å²) in [7, 11) is 0. The van der Waals surface area contributed by atoms with E-state index in [1.165, 1.54) is 11.8 Å². The summed E-state index contributed by atoms with van der Waals surface area (Å²) in [4.78, 5) is 12.7. The molecule has 0 heterocycles. The van der Waals surface area contributed by atoms with E-state index in [0.717, 1.165) is 11.3 Å². The molecular weight excluding hydrogens is 268 g/mol. The van der Waals surface area contributed by atoms with Gasteiger partial charge < -0.3 is 11.1 Å². The Morgan fingerprint density at radius 1 is 1.44 bits per heavy atom. The Kier molecular flexibility index (Phi) is 6.54. The molecule has 1 amide bonds. The van der Waals surface area contributed by atoms with E-state index in [-0.39, 0.29) is 17.2 Å². The number of amides is 1. The van der Waals surface area contributed by atoms with Crippen LogP contribution >= 0.6 is 23.4 Å². The smallest absolute Gasteiger partial charge is 0.233 e. The molecule has 3 N–H and O–H groups in total. The Labute approximate surface area is 117 Å². The molecule has 0 fully saturated rings. The average Bonchev–Trinajstić information content (AvgIpc) is 2.31. The van der Waals surface area contributed by atoms with Gasteiger partial charge >= 0.3 is 0 Å². The highest BCUT2D eigenvalue weighted by Crippen LogP contribution is 2.29. The van der Waals surface area contributed by atoms with Crippen molar-refractivity contribution in [1.82, 2.24) is 5.32 Å². The molecule has 0 radical (unpaired) electrons. The van der Waals surface area contributed by atoms with Crippen LogP contribution in [0.4, 0.5) is 0 Å². The Hall–Kier alpha value is -0.710. The van der Waals surface area contributed by atoms with Gasteiger partial charge in [-0.25, -0.2) is 0 Å². The fourth-order valence-corrected chi connectivity index (χ4v) is 2.53. The molecular formula is C13H19ClN2OS. The molecule has 0 spiro atoms. The molecule has 3 nitrogen and oxygen atoms in total. The van der Waals surface area contributed by atoms with Crippen LogP contribution in [-0.2, 0) is 4.79 Å². The minimum Gasteiger partial charge on any atom is -0.355 e. The Morgan fingerprint density at radius 2 is 2.11 bits per heavy atom. The zero-order valence-corrected chi connectivity index (χ0v) is 12.2. The first-order chi connectivity index (χ1) is 8.50. The van der Waals surface area contributed by atoms with E-state index in [1.54, 1.807) is 0 Å². The zero-order valence-electron chi connectivity index (χ0n) is 10.7. The first kappa shape index (κ1) is 15.3. The van der Waals surface area contributed by atoms with Crippen LogP contribution in [0.1, 0.15) is 20.3 Å². The van der Waals surface area contributed by atoms with Crippen LogP contribution in [0.15, 0.2) is 29.2 Å². The number of carbonyl (C=O) groups excluding carboxylic acids is 1. The summed E-state index contributed by atoms with van der Waals surface area (Å²) in [6.45, 7) is 4.41. The van der Waals surface area contributed by atoms with E-state index in [9.17, 15) is 4.79 Å². The van der Waals surface area contributed by atoms with E-state index >= 15 is 0 Å². The first-order valence-electron chi connectivity index (χ1n) is 5.95. The van der Waals surface area contributed by atoms with Crippen LogP contribution < -0.4 is 11.1 Å². The molecule has 100 valence electrons. The standard InChI is InChI=1S/C13H19ClN2OS/c1-9(15)7-8-16-13(17)10(2)18-12-6-4-3-5-11(12)14/h3-6,9-10H,7-8,15H2,1-2H3,(H,16,17). The molecule has 18 heavy (non-hydrogen) atoms. The van der Waals surface area contributed by atoms with Gasteiger partial charge in [-0.3, -0.25) is 4.79 Å². The van der Waals surface area contributed by atoms with E-state index in [1.807, 2.05) is 38.1 Å². The monoisotopic (exact) mass is 286 g/mol. The maximum absolute atomic E-state index is 11.8. The summed E-state index contributed by atoms with van der Waals surface area (Å²) < 4.78 is 0. The van der Waals surface area contributed by atoms with Gasteiger partial charge in [-0.1, -0.05) is 23.7 Å². The first-order valence-corrected chi connectivity index (χ1v) is 7.21. The van der Waals surface area contributed by atoms with Crippen LogP contribution in [0, 0.1) is 0 Å². The highest BCUT2D eigenvalue weighted by Gasteiger charge is 2.15. The third-order valence-corrected chi connectivity index (χ3v) is 4.03. The van der Waals surface area contributed by atoms with Crippen molar-refractivity contribution in [2.45, 2.75) is 36.5 Å². The van der Waals surface area contributed by atoms with Crippen molar-refractivity contribution < 1.29 is 4.79 Å². The molecule has 0 aliphatic carbocycles. The lowest BCUT2D eigenvalue weighted by molar-refractivity contribution is -0.120. The summed E-state index contributed by atoms with van der Waals surface area (Å²) in [5, 5.41) is 3.38. The minimum atomic E-state index is -0.169. The zero-order chi connectivity index (χ0) is 13.5. The van der Waals surface area contributed by atoms with Crippen molar-refractivity contribution in [3.8, 4) is 0 Å². The van der Waals surface area contributed by atoms with Crippen LogP contribution in [-0.4, -0.2) is 23.7 Å². The van der Waals surface area contributed by atoms with Gasteiger partial charge in [-0.15, -0.1) is 11.8 Å². The highest BCUT2D eigenvalue weighted by molar-refractivity contribution is 8.00. The summed E-state index contributed by atoms with van der Waals surface area (Å²) >= 11 is 7.51. The molecule has 0 saturated carbocycles. The lowest BCUT2D eigenvalue weighted by atomic mass is 10.2. The Morgan fingerprint density at radius 3 is 2.72 bits per heavy atom. The molecule has 1 rings (SSSR count). The Bertz CT molecular complexity index is 398. The fourth-order valence-electron chi connectivity index (χ4n) is 1.35. The number of rotatable bonds is 6. The van der Waals surface area contributed by atoms with Crippen molar-refractivity contribution in [1.29, 1.82) is 0 Å². The molecule has 0 saturated heterocycles. The maximum Gasteiger partial charge on any atom is 0.233 e. The third-order valence-electron chi connectivity index (χ3n) is 2.41. The van der Waals surface area contributed by atoms with Crippen molar-refractivity contribution in [2.75, 3.05) is 6.54 Å². The Balaban J connectivity index is 2.43. The highest BCUT2D eigenvalue weighted by atomic mass is 35.5. The summed E-state index contributed by atoms with van der Waals surface area (Å²) in [6, 6.07) is 7.63. The molecule has 0 aliphatic rings. The van der Waals surface area contributed by atoms with Gasteiger partial charge in [0.05, 0.1) is 10.3 Å². The van der Waals surface area contributed by atoms with Gasteiger partial charge in [0.25, 0.3) is 0 Å². The summed E-state index contributed by atoms with van der Waals surface area (Å²) in [6.07, 6.45) is 0.787. The second kappa shape index (κ2) is 7.67. The molecule has 0 bridgehead atoms. The summed E-state index contributed by atoms with van der Waals surface area (Å²) in [5.74, 6) is 0.0144. The largest absolute Gasteiger partial charge is 0.355 e. The van der Waals surface area contributed by atoms with Gasteiger partial charge in [0.1, 0.15) is 0 Å². The van der Waals surface area contributed by atoms with Gasteiger partial charge in [0.15, 0.2) is 0 Å². The fraction of sp³-hybridized carbons (Fsp3) is 0.462. The number of hydrogen-bond acceptors (Lipinski definition) is 3. The number of benzene rings is 1. The van der Waals surface area contributed by atoms with Crippen molar-refractivity contribution in [2.24, 2.45) is 5.73 Å². The van der Waals surface area contributed by atoms with Crippen LogP contribution in [0.2, 0.25) is 5.02 Å². The lowest BCUT2D eigenvalue weighted by Gasteiger charge is -2.13. The number of nitrogens with one attached hydrogen (secondary N) is 1. The molecule has 2 unspecified atom stereocenters. The predicted octanol–water partition coefficient (Wildman–Crippen LogP) is 2.67. The second-order valence-corrected chi connectivity index (χ2v) is 6.04. The molecule has 5 heteroatoms. The van der Waals surface area contributed by atoms with E-state index in [4.69, 9.17) is 17.3 Å². The molecule has 0 aromatic heterocycles. The van der Waals surface area contributed by atoms with Crippen molar-refractivity contribution >= 4 is 29.3 Å². The van der Waals surface area contributed by atoms with E-state index in [2.05, 4.69) is 5.32 Å². The second-order valence-electron chi connectivity index (χ2n) is 4.25. The van der Waals surface area contributed by atoms with Gasteiger partial charge in [0, 0.05) is 17.5 Å². The quantitative estimate of drug-likeness (QED) is 0.791. The minimum absolute atomic E-state index is 0.0144. The van der Waals surface area contributed by atoms with Gasteiger partial charge in [-0.05, 0) is 32.4 Å². The van der Waals surface area contributed by atoms with Gasteiger partial charge in [-0.2, -0.15) is 0 Å². The van der Waals surface area contributed by atoms with Crippen LogP contribution in [0.25, 0.3) is 0 Å². The SMILES string of the molecule is CC(N)CCNC(=O)C(C)Sc1ccccc1Cl. The van der Waals surface area contributed by atoms with E-state index < -0.39 is 0 Å². The average molecular weight is 287 g/mol. The number of carbonyl (C=O) groups is 1. The number of thioether (sulfide) groups is 1. The van der Waals surface area contributed by atoms with Crippen LogP contribution in [0.3, 0.4) is 0 Å². The lowest BCUT2D eigenvalue weighted by Crippen LogP contribution is -2.34. The molecule has 1 aromatic carbocycles. The topological polar surface area (TPSA) is 55.1 Å². The van der Waals surface area contributed by atoms with Crippen LogP contribution in [0.5, 0.6) is 0 Å². The van der Waals surface area contributed by atoms with E-state index in [0.29, 0.717) is 11.6 Å². The predicted molar refractivity (Wildman–Crippen MR) is 78.0 cm³/mol. The van der Waals surface area contributed by atoms with Crippen molar-refractivity contribution in [3.05, 3.63) is 29.3 Å². The normalized spacial score (nSPS) is 14.0. The number of hydrogen-bond donors (Lipinski definition) is 2. The molecule has 0 aliphatic heterocycles. The van der Waals surface area contributed by atoms with Gasteiger partial charge in [0.2, 0.25) is 5.91 Å². The number of nitrogens with two attached hydrogens (primary N) is 1. The third kappa shape index (κ3) is 5.29. The molecule has 2 atom stereocenters. The maximum atomic E-state index is 11.8. The number of halogens is 1. The summed E-state index contributed by atoms with van der Waals surface area (Å²) in [5.41, 5.74) is 5.62. The molecule has 1 aromatic rings. The van der Waals surface area contributed by atoms with Crippen molar-refractivity contribution in [3.63, 3.8) is 0 Å².